The summed E-state index contributed by atoms with van der Waals surface area (Å²) in [4.78, 5) is 7.00. The summed E-state index contributed by atoms with van der Waals surface area (Å²) in [6, 6.07) is 6.42. The highest BCUT2D eigenvalue weighted by atomic mass is 16.5. The lowest BCUT2D eigenvalue weighted by Gasteiger charge is -2.26. The summed E-state index contributed by atoms with van der Waals surface area (Å²) in [5, 5.41) is 6.90. The Balaban J connectivity index is 1.34. The zero-order chi connectivity index (χ0) is 21.7. The van der Waals surface area contributed by atoms with E-state index in [2.05, 4.69) is 45.6 Å². The lowest BCUT2D eigenvalue weighted by atomic mass is 10.1. The van der Waals surface area contributed by atoms with Crippen molar-refractivity contribution in [3.8, 4) is 5.75 Å². The first kappa shape index (κ1) is 23.9. The van der Waals surface area contributed by atoms with Crippen LogP contribution in [0, 0.1) is 12.8 Å². The summed E-state index contributed by atoms with van der Waals surface area (Å²) >= 11 is 0. The standard InChI is InChI=1S/C25H42N4O2/c1-21-9-10-23(24(17-21)31-20-22-11-16-30-19-22)18-28-25(26-2)27-12-5-3-6-13-29-14-7-4-8-15-29/h9-10,17,22H,3-8,11-16,18-20H2,1-2H3,(H2,26,27,28). The Kier molecular flexibility index (Phi) is 10.5. The fraction of sp³-hybridized carbons (Fsp3) is 0.720. The number of hydrogen-bond donors (Lipinski definition) is 2. The molecule has 0 aliphatic carbocycles. The van der Waals surface area contributed by atoms with Gasteiger partial charge in [0.25, 0.3) is 0 Å². The molecule has 1 aromatic carbocycles. The molecule has 3 rings (SSSR count). The summed E-state index contributed by atoms with van der Waals surface area (Å²) in [6.45, 7) is 10.0. The van der Waals surface area contributed by atoms with Crippen molar-refractivity contribution in [2.24, 2.45) is 10.9 Å². The highest BCUT2D eigenvalue weighted by Crippen LogP contribution is 2.22. The van der Waals surface area contributed by atoms with Crippen LogP contribution in [0.2, 0.25) is 0 Å². The SMILES string of the molecule is CN=C(NCCCCCN1CCCCC1)NCc1ccc(C)cc1OCC1CCOC1. The Hall–Kier alpha value is -1.79. The van der Waals surface area contributed by atoms with Crippen molar-refractivity contribution in [3.63, 3.8) is 0 Å². The number of unbranched alkanes of at least 4 members (excludes halogenated alkanes) is 2. The van der Waals surface area contributed by atoms with E-state index in [4.69, 9.17) is 9.47 Å². The third-order valence-corrected chi connectivity index (χ3v) is 6.28. The molecule has 0 aromatic heterocycles. The van der Waals surface area contributed by atoms with Gasteiger partial charge in [0.15, 0.2) is 5.96 Å². The number of aryl methyl sites for hydroxylation is 1. The Morgan fingerprint density at radius 1 is 1.16 bits per heavy atom. The van der Waals surface area contributed by atoms with Crippen molar-refractivity contribution < 1.29 is 9.47 Å². The smallest absolute Gasteiger partial charge is 0.191 e. The van der Waals surface area contributed by atoms with Crippen molar-refractivity contribution >= 4 is 5.96 Å². The second-order valence-electron chi connectivity index (χ2n) is 8.97. The van der Waals surface area contributed by atoms with E-state index in [0.717, 1.165) is 50.1 Å². The van der Waals surface area contributed by atoms with Gasteiger partial charge >= 0.3 is 0 Å². The van der Waals surface area contributed by atoms with Gasteiger partial charge in [-0.2, -0.15) is 0 Å². The van der Waals surface area contributed by atoms with Crippen molar-refractivity contribution in [1.82, 2.24) is 15.5 Å². The maximum Gasteiger partial charge on any atom is 0.191 e. The van der Waals surface area contributed by atoms with E-state index in [1.807, 2.05) is 7.05 Å². The fourth-order valence-corrected chi connectivity index (χ4v) is 4.29. The zero-order valence-corrected chi connectivity index (χ0v) is 19.6. The van der Waals surface area contributed by atoms with E-state index < -0.39 is 0 Å². The number of guanidine groups is 1. The molecule has 1 aromatic rings. The Labute approximate surface area is 188 Å². The molecule has 31 heavy (non-hydrogen) atoms. The van der Waals surface area contributed by atoms with Crippen LogP contribution in [0.1, 0.15) is 56.1 Å². The van der Waals surface area contributed by atoms with Gasteiger partial charge < -0.3 is 25.0 Å². The molecule has 0 bridgehead atoms. The lowest BCUT2D eigenvalue weighted by molar-refractivity contribution is 0.166. The molecule has 6 heteroatoms. The minimum absolute atomic E-state index is 0.505. The minimum Gasteiger partial charge on any atom is -0.493 e. The molecule has 2 aliphatic rings. The van der Waals surface area contributed by atoms with Crippen LogP contribution >= 0.6 is 0 Å². The molecule has 2 heterocycles. The zero-order valence-electron chi connectivity index (χ0n) is 19.6. The van der Waals surface area contributed by atoms with Crippen LogP contribution in [0.5, 0.6) is 5.75 Å². The molecule has 174 valence electrons. The maximum absolute atomic E-state index is 6.16. The Morgan fingerprint density at radius 2 is 2.03 bits per heavy atom. The van der Waals surface area contributed by atoms with E-state index >= 15 is 0 Å². The number of nitrogens with zero attached hydrogens (tertiary/aromatic N) is 2. The average molecular weight is 431 g/mol. The molecule has 1 atom stereocenters. The molecule has 0 amide bonds. The summed E-state index contributed by atoms with van der Waals surface area (Å²) in [5.41, 5.74) is 2.38. The number of nitrogens with one attached hydrogen (secondary N) is 2. The molecule has 2 fully saturated rings. The molecule has 2 N–H and O–H groups in total. The predicted molar refractivity (Wildman–Crippen MR) is 128 cm³/mol. The van der Waals surface area contributed by atoms with Gasteiger partial charge in [0, 0.05) is 38.2 Å². The van der Waals surface area contributed by atoms with Crippen molar-refractivity contribution in [3.05, 3.63) is 29.3 Å². The van der Waals surface area contributed by atoms with Gasteiger partial charge in [-0.3, -0.25) is 4.99 Å². The Morgan fingerprint density at radius 3 is 2.81 bits per heavy atom. The summed E-state index contributed by atoms with van der Waals surface area (Å²) in [7, 11) is 1.83. The molecule has 2 saturated heterocycles. The number of rotatable bonds is 11. The van der Waals surface area contributed by atoms with Gasteiger partial charge in [-0.25, -0.2) is 0 Å². The maximum atomic E-state index is 6.16. The van der Waals surface area contributed by atoms with Crippen molar-refractivity contribution in [2.45, 2.75) is 58.4 Å². The highest BCUT2D eigenvalue weighted by Gasteiger charge is 2.17. The van der Waals surface area contributed by atoms with E-state index in [9.17, 15) is 0 Å². The van der Waals surface area contributed by atoms with E-state index in [0.29, 0.717) is 12.5 Å². The number of ether oxygens (including phenoxy) is 2. The molecule has 0 spiro atoms. The summed E-state index contributed by atoms with van der Waals surface area (Å²) in [6.07, 6.45) is 9.01. The van der Waals surface area contributed by atoms with Crippen LogP contribution in [-0.4, -0.2) is 63.9 Å². The summed E-state index contributed by atoms with van der Waals surface area (Å²) in [5.74, 6) is 2.32. The van der Waals surface area contributed by atoms with Crippen molar-refractivity contribution in [1.29, 1.82) is 0 Å². The van der Waals surface area contributed by atoms with Crippen LogP contribution < -0.4 is 15.4 Å². The molecule has 0 saturated carbocycles. The second kappa shape index (κ2) is 13.6. The lowest BCUT2D eigenvalue weighted by Crippen LogP contribution is -2.37. The van der Waals surface area contributed by atoms with Gasteiger partial charge in [0.05, 0.1) is 13.2 Å². The molecule has 6 nitrogen and oxygen atoms in total. The van der Waals surface area contributed by atoms with Crippen molar-refractivity contribution in [2.75, 3.05) is 53.0 Å². The minimum atomic E-state index is 0.505. The van der Waals surface area contributed by atoms with Crippen LogP contribution in [-0.2, 0) is 11.3 Å². The topological polar surface area (TPSA) is 58.1 Å². The average Bonchev–Trinajstić information content (AvgIpc) is 3.32. The molecule has 1 unspecified atom stereocenters. The second-order valence-corrected chi connectivity index (χ2v) is 8.97. The number of aliphatic imine (C=N–C) groups is 1. The molecule has 0 radical (unpaired) electrons. The normalized spacial score (nSPS) is 20.1. The van der Waals surface area contributed by atoms with Crippen LogP contribution in [0.3, 0.4) is 0 Å². The largest absolute Gasteiger partial charge is 0.493 e. The molecule has 2 aliphatic heterocycles. The number of piperidine rings is 1. The number of hydrogen-bond acceptors (Lipinski definition) is 4. The Bertz CT molecular complexity index is 667. The van der Waals surface area contributed by atoms with Gasteiger partial charge in [0.1, 0.15) is 5.75 Å². The third-order valence-electron chi connectivity index (χ3n) is 6.28. The van der Waals surface area contributed by atoms with E-state index in [1.54, 1.807) is 0 Å². The monoisotopic (exact) mass is 430 g/mol. The van der Waals surface area contributed by atoms with Gasteiger partial charge in [0.2, 0.25) is 0 Å². The van der Waals surface area contributed by atoms with Gasteiger partial charge in [-0.15, -0.1) is 0 Å². The van der Waals surface area contributed by atoms with Crippen LogP contribution in [0.15, 0.2) is 23.2 Å². The van der Waals surface area contributed by atoms with E-state index in [-0.39, 0.29) is 0 Å². The van der Waals surface area contributed by atoms with Crippen LogP contribution in [0.4, 0.5) is 0 Å². The first-order valence-corrected chi connectivity index (χ1v) is 12.2. The van der Waals surface area contributed by atoms with Gasteiger partial charge in [-0.05, 0) is 70.3 Å². The first-order valence-electron chi connectivity index (χ1n) is 12.2. The first-order chi connectivity index (χ1) is 15.2. The van der Waals surface area contributed by atoms with E-state index in [1.165, 1.54) is 63.7 Å². The molecular weight excluding hydrogens is 388 g/mol. The number of benzene rings is 1. The van der Waals surface area contributed by atoms with Crippen LogP contribution in [0.25, 0.3) is 0 Å². The fourth-order valence-electron chi connectivity index (χ4n) is 4.29. The predicted octanol–water partition coefficient (Wildman–Crippen LogP) is 3.73. The third kappa shape index (κ3) is 8.69. The summed E-state index contributed by atoms with van der Waals surface area (Å²) < 4.78 is 11.6. The molecular formula is C25H42N4O2. The highest BCUT2D eigenvalue weighted by molar-refractivity contribution is 5.79. The number of likely N-dealkylation sites (tertiary alicyclic amines) is 1. The van der Waals surface area contributed by atoms with Gasteiger partial charge in [-0.1, -0.05) is 25.0 Å². The quantitative estimate of drug-likeness (QED) is 0.318.